The molecule has 1 aliphatic heterocycles. The third-order valence-electron chi connectivity index (χ3n) is 2.61. The second-order valence-corrected chi connectivity index (χ2v) is 3.88. The van der Waals surface area contributed by atoms with Gasteiger partial charge in [0.1, 0.15) is 12.0 Å². The van der Waals surface area contributed by atoms with Crippen molar-refractivity contribution >= 4 is 5.97 Å². The summed E-state index contributed by atoms with van der Waals surface area (Å²) in [5, 5.41) is 0. The van der Waals surface area contributed by atoms with Crippen molar-refractivity contribution in [2.24, 2.45) is 0 Å². The van der Waals surface area contributed by atoms with Crippen molar-refractivity contribution in [2.45, 2.75) is 0 Å². The first-order chi connectivity index (χ1) is 8.83. The molecule has 3 nitrogen and oxygen atoms in total. The van der Waals surface area contributed by atoms with Gasteiger partial charge < -0.3 is 9.47 Å². The average Bonchev–Trinajstić information content (AvgIpc) is 3.25. The van der Waals surface area contributed by atoms with E-state index in [9.17, 15) is 4.79 Å². The Morgan fingerprint density at radius 2 is 1.50 bits per heavy atom. The minimum Gasteiger partial charge on any atom is -0.450 e. The monoisotopic (exact) mass is 238 g/mol. The highest BCUT2D eigenvalue weighted by atomic mass is 16.6. The van der Waals surface area contributed by atoms with E-state index in [1.54, 1.807) is 12.1 Å². The van der Waals surface area contributed by atoms with Gasteiger partial charge in [0, 0.05) is 0 Å². The lowest BCUT2D eigenvalue weighted by Crippen LogP contribution is -2.05. The number of benzene rings is 2. The summed E-state index contributed by atoms with van der Waals surface area (Å²) in [6.45, 7) is 0. The third-order valence-corrected chi connectivity index (χ3v) is 2.61. The van der Waals surface area contributed by atoms with Gasteiger partial charge in [0.25, 0.3) is 0 Å². The van der Waals surface area contributed by atoms with Gasteiger partial charge in [0.15, 0.2) is 0 Å². The van der Waals surface area contributed by atoms with Crippen LogP contribution in [0.2, 0.25) is 0 Å². The SMILES string of the molecule is O=C(Oc1ccc(-c2ccccc2)cc1)C1=CO1. The van der Waals surface area contributed by atoms with E-state index >= 15 is 0 Å². The van der Waals surface area contributed by atoms with E-state index in [0.717, 1.165) is 11.1 Å². The molecular weight excluding hydrogens is 228 g/mol. The Morgan fingerprint density at radius 3 is 2.11 bits per heavy atom. The smallest absolute Gasteiger partial charge is 0.382 e. The molecule has 3 heteroatoms. The van der Waals surface area contributed by atoms with Crippen molar-refractivity contribution in [1.29, 1.82) is 0 Å². The van der Waals surface area contributed by atoms with E-state index < -0.39 is 5.97 Å². The summed E-state index contributed by atoms with van der Waals surface area (Å²) in [7, 11) is 0. The van der Waals surface area contributed by atoms with Crippen molar-refractivity contribution in [3.8, 4) is 16.9 Å². The van der Waals surface area contributed by atoms with Crippen LogP contribution < -0.4 is 4.74 Å². The maximum atomic E-state index is 11.3. The molecule has 0 saturated carbocycles. The van der Waals surface area contributed by atoms with Crippen molar-refractivity contribution in [2.75, 3.05) is 0 Å². The molecule has 2 aromatic rings. The van der Waals surface area contributed by atoms with Gasteiger partial charge in [-0.1, -0.05) is 42.5 Å². The lowest BCUT2D eigenvalue weighted by Gasteiger charge is -2.04. The summed E-state index contributed by atoms with van der Waals surface area (Å²) in [5.74, 6) is 0.320. The van der Waals surface area contributed by atoms with Crippen LogP contribution in [0.15, 0.2) is 66.6 Å². The fourth-order valence-electron chi connectivity index (χ4n) is 1.63. The largest absolute Gasteiger partial charge is 0.450 e. The quantitative estimate of drug-likeness (QED) is 0.609. The van der Waals surface area contributed by atoms with Gasteiger partial charge in [-0.05, 0) is 23.3 Å². The second-order valence-electron chi connectivity index (χ2n) is 3.88. The van der Waals surface area contributed by atoms with Gasteiger partial charge in [0.2, 0.25) is 5.76 Å². The Morgan fingerprint density at radius 1 is 0.889 bits per heavy atom. The summed E-state index contributed by atoms with van der Waals surface area (Å²) in [6.07, 6.45) is 1.36. The van der Waals surface area contributed by atoms with E-state index in [0.29, 0.717) is 5.75 Å². The molecule has 0 unspecified atom stereocenters. The Labute approximate surface area is 104 Å². The van der Waals surface area contributed by atoms with Crippen LogP contribution in [0.4, 0.5) is 0 Å². The van der Waals surface area contributed by atoms with E-state index in [4.69, 9.17) is 4.74 Å². The maximum absolute atomic E-state index is 11.3. The molecule has 0 saturated heterocycles. The lowest BCUT2D eigenvalue weighted by molar-refractivity contribution is -0.131. The summed E-state index contributed by atoms with van der Waals surface area (Å²) < 4.78 is 9.75. The summed E-state index contributed by atoms with van der Waals surface area (Å²) in [5.41, 5.74) is 2.21. The van der Waals surface area contributed by atoms with Crippen LogP contribution >= 0.6 is 0 Å². The van der Waals surface area contributed by atoms with Gasteiger partial charge in [-0.3, -0.25) is 0 Å². The van der Waals surface area contributed by atoms with Crippen LogP contribution in [0.3, 0.4) is 0 Å². The molecule has 0 fully saturated rings. The van der Waals surface area contributed by atoms with Gasteiger partial charge >= 0.3 is 5.97 Å². The molecule has 0 radical (unpaired) electrons. The molecule has 2 aromatic carbocycles. The second kappa shape index (κ2) is 4.37. The molecule has 18 heavy (non-hydrogen) atoms. The van der Waals surface area contributed by atoms with Crippen LogP contribution in [0.1, 0.15) is 0 Å². The van der Waals surface area contributed by atoms with E-state index in [-0.39, 0.29) is 5.76 Å². The van der Waals surface area contributed by atoms with Crippen LogP contribution in [0.5, 0.6) is 5.75 Å². The Hall–Kier alpha value is -2.55. The summed E-state index contributed by atoms with van der Waals surface area (Å²) >= 11 is 0. The zero-order valence-corrected chi connectivity index (χ0v) is 9.50. The first kappa shape index (κ1) is 10.6. The highest BCUT2D eigenvalue weighted by molar-refractivity contribution is 5.90. The zero-order chi connectivity index (χ0) is 12.4. The van der Waals surface area contributed by atoms with Gasteiger partial charge in [-0.2, -0.15) is 0 Å². The predicted molar refractivity (Wildman–Crippen MR) is 66.7 cm³/mol. The van der Waals surface area contributed by atoms with E-state index in [2.05, 4.69) is 4.74 Å². The molecule has 0 aromatic heterocycles. The topological polar surface area (TPSA) is 38.8 Å². The van der Waals surface area contributed by atoms with Crippen molar-refractivity contribution in [3.63, 3.8) is 0 Å². The van der Waals surface area contributed by atoms with E-state index in [1.807, 2.05) is 42.5 Å². The number of carbonyl (C=O) groups excluding carboxylic acids is 1. The molecule has 1 heterocycles. The molecule has 0 amide bonds. The molecule has 3 rings (SSSR count). The summed E-state index contributed by atoms with van der Waals surface area (Å²) in [4.78, 5) is 11.3. The van der Waals surface area contributed by atoms with Crippen molar-refractivity contribution in [3.05, 3.63) is 66.6 Å². The normalized spacial score (nSPS) is 12.3. The minimum atomic E-state index is -0.456. The van der Waals surface area contributed by atoms with Crippen LogP contribution in [-0.4, -0.2) is 5.97 Å². The highest BCUT2D eigenvalue weighted by Gasteiger charge is 2.22. The Balaban J connectivity index is 1.76. The molecule has 0 bridgehead atoms. The van der Waals surface area contributed by atoms with E-state index in [1.165, 1.54) is 6.26 Å². The van der Waals surface area contributed by atoms with Crippen LogP contribution in [0.25, 0.3) is 11.1 Å². The number of hydrogen-bond acceptors (Lipinski definition) is 3. The molecular formula is C15H10O3. The maximum Gasteiger partial charge on any atom is 0.382 e. The fourth-order valence-corrected chi connectivity index (χ4v) is 1.63. The van der Waals surface area contributed by atoms with Crippen LogP contribution in [0, 0.1) is 0 Å². The molecule has 0 spiro atoms. The number of esters is 1. The van der Waals surface area contributed by atoms with Crippen molar-refractivity contribution in [1.82, 2.24) is 0 Å². The molecule has 1 aliphatic rings. The highest BCUT2D eigenvalue weighted by Crippen LogP contribution is 2.23. The number of carbonyl (C=O) groups is 1. The van der Waals surface area contributed by atoms with Gasteiger partial charge in [-0.15, -0.1) is 0 Å². The van der Waals surface area contributed by atoms with Gasteiger partial charge in [0.05, 0.1) is 0 Å². The average molecular weight is 238 g/mol. The first-order valence-electron chi connectivity index (χ1n) is 5.57. The molecule has 0 N–H and O–H groups in total. The standard InChI is InChI=1S/C15H10O3/c16-15(14-10-17-14)18-13-8-6-12(7-9-13)11-4-2-1-3-5-11/h1-10H. The predicted octanol–water partition coefficient (Wildman–Crippen LogP) is 3.13. The van der Waals surface area contributed by atoms with Gasteiger partial charge in [-0.25, -0.2) is 4.79 Å². The fraction of sp³-hybridized carbons (Fsp3) is 0. The molecule has 0 atom stereocenters. The third kappa shape index (κ3) is 2.25. The first-order valence-corrected chi connectivity index (χ1v) is 5.57. The number of ether oxygens (including phenoxy) is 2. The molecule has 0 aliphatic carbocycles. The van der Waals surface area contributed by atoms with Crippen molar-refractivity contribution < 1.29 is 14.3 Å². The summed E-state index contributed by atoms with van der Waals surface area (Å²) in [6, 6.07) is 17.4. The Kier molecular flexibility index (Phi) is 2.57. The minimum absolute atomic E-state index is 0.266. The Bertz CT molecular complexity index is 597. The lowest BCUT2D eigenvalue weighted by atomic mass is 10.1. The van der Waals surface area contributed by atoms with Crippen LogP contribution in [-0.2, 0) is 9.53 Å². The molecule has 88 valence electrons. The number of rotatable bonds is 3. The zero-order valence-electron chi connectivity index (χ0n) is 9.50. The number of hydrogen-bond donors (Lipinski definition) is 0.